The van der Waals surface area contributed by atoms with Gasteiger partial charge in [-0.2, -0.15) is 0 Å². The summed E-state index contributed by atoms with van der Waals surface area (Å²) in [5.74, 6) is -0.0824. The third-order valence-corrected chi connectivity index (χ3v) is 6.49. The van der Waals surface area contributed by atoms with E-state index in [9.17, 15) is 9.59 Å². The largest absolute Gasteiger partial charge is 0.342 e. The molecule has 32 heavy (non-hydrogen) atoms. The number of nitrogens with zero attached hydrogens (tertiary/aromatic N) is 3. The molecular formula is C20H17Cl4N5O2S. The molecule has 1 heterocycles. The average Bonchev–Trinajstić information content (AvgIpc) is 3.09. The second kappa shape index (κ2) is 10.8. The molecule has 1 aromatic heterocycles. The van der Waals surface area contributed by atoms with Gasteiger partial charge in [0, 0.05) is 12.1 Å². The predicted octanol–water partition coefficient (Wildman–Crippen LogP) is 5.65. The molecule has 0 spiro atoms. The van der Waals surface area contributed by atoms with Crippen LogP contribution in [0.25, 0.3) is 0 Å². The maximum atomic E-state index is 12.5. The zero-order chi connectivity index (χ0) is 23.4. The topological polar surface area (TPSA) is 88.9 Å². The Morgan fingerprint density at radius 2 is 1.72 bits per heavy atom. The molecule has 2 aromatic carbocycles. The molecule has 0 aliphatic heterocycles. The Hall–Kier alpha value is -1.97. The first-order valence-corrected chi connectivity index (χ1v) is 11.7. The Balaban J connectivity index is 1.61. The number of hydrogen-bond donors (Lipinski definition) is 2. The van der Waals surface area contributed by atoms with E-state index in [1.165, 1.54) is 23.9 Å². The van der Waals surface area contributed by atoms with Gasteiger partial charge in [-0.3, -0.25) is 9.59 Å². The van der Waals surface area contributed by atoms with Gasteiger partial charge in [0.2, 0.25) is 5.91 Å². The minimum atomic E-state index is -0.439. The molecule has 12 heteroatoms. The minimum Gasteiger partial charge on any atom is -0.342 e. The lowest BCUT2D eigenvalue weighted by atomic mass is 10.2. The summed E-state index contributed by atoms with van der Waals surface area (Å²) >= 11 is 25.3. The number of nitrogens with one attached hydrogen (secondary N) is 2. The lowest BCUT2D eigenvalue weighted by molar-refractivity contribution is -0.113. The van der Waals surface area contributed by atoms with E-state index in [1.54, 1.807) is 42.8 Å². The molecule has 2 N–H and O–H groups in total. The summed E-state index contributed by atoms with van der Waals surface area (Å²) in [6.45, 7) is 1.78. The van der Waals surface area contributed by atoms with Gasteiger partial charge < -0.3 is 15.2 Å². The highest BCUT2D eigenvalue weighted by atomic mass is 35.5. The number of carbonyl (C=O) groups excluding carboxylic acids is 2. The molecule has 0 aliphatic rings. The highest BCUT2D eigenvalue weighted by Crippen LogP contribution is 2.34. The Morgan fingerprint density at radius 1 is 1.06 bits per heavy atom. The Labute approximate surface area is 208 Å². The second-order valence-corrected chi connectivity index (χ2v) is 9.26. The smallest absolute Gasteiger partial charge is 0.253 e. The normalized spacial score (nSPS) is 11.8. The van der Waals surface area contributed by atoms with Crippen LogP contribution in [-0.2, 0) is 11.8 Å². The van der Waals surface area contributed by atoms with Crippen LogP contribution >= 0.6 is 58.2 Å². The first-order chi connectivity index (χ1) is 15.2. The molecule has 0 saturated carbocycles. The van der Waals surface area contributed by atoms with Crippen molar-refractivity contribution < 1.29 is 9.59 Å². The van der Waals surface area contributed by atoms with Gasteiger partial charge in [0.15, 0.2) is 11.0 Å². The van der Waals surface area contributed by atoms with E-state index in [2.05, 4.69) is 20.8 Å². The highest BCUT2D eigenvalue weighted by Gasteiger charge is 2.20. The third-order valence-electron chi connectivity index (χ3n) is 4.33. The summed E-state index contributed by atoms with van der Waals surface area (Å²) in [5, 5.41) is 15.5. The van der Waals surface area contributed by atoms with Crippen molar-refractivity contribution in [1.29, 1.82) is 0 Å². The van der Waals surface area contributed by atoms with Crippen LogP contribution in [0.5, 0.6) is 0 Å². The lowest BCUT2D eigenvalue weighted by Crippen LogP contribution is -2.28. The van der Waals surface area contributed by atoms with Crippen LogP contribution in [-0.4, -0.2) is 32.3 Å². The van der Waals surface area contributed by atoms with Crippen LogP contribution in [0.15, 0.2) is 41.6 Å². The van der Waals surface area contributed by atoms with Gasteiger partial charge in [-0.15, -0.1) is 10.2 Å². The van der Waals surface area contributed by atoms with Crippen molar-refractivity contribution in [2.75, 3.05) is 11.1 Å². The number of amides is 2. The molecule has 0 radical (unpaired) electrons. The van der Waals surface area contributed by atoms with Crippen LogP contribution in [0.3, 0.4) is 0 Å². The van der Waals surface area contributed by atoms with E-state index in [0.29, 0.717) is 26.6 Å². The molecule has 0 aliphatic carbocycles. The second-order valence-electron chi connectivity index (χ2n) is 6.66. The average molecular weight is 533 g/mol. The van der Waals surface area contributed by atoms with Crippen molar-refractivity contribution in [2.24, 2.45) is 7.05 Å². The number of anilines is 1. The van der Waals surface area contributed by atoms with Gasteiger partial charge in [0.05, 0.1) is 38.1 Å². The Bertz CT molecular complexity index is 1150. The number of hydrogen-bond acceptors (Lipinski definition) is 5. The molecule has 7 nitrogen and oxygen atoms in total. The Morgan fingerprint density at radius 3 is 2.38 bits per heavy atom. The molecule has 168 valence electrons. The number of thioether (sulfide) groups is 1. The maximum absolute atomic E-state index is 12.5. The van der Waals surface area contributed by atoms with Crippen molar-refractivity contribution >= 4 is 75.7 Å². The summed E-state index contributed by atoms with van der Waals surface area (Å²) in [4.78, 5) is 24.8. The first kappa shape index (κ1) is 24.7. The molecule has 0 unspecified atom stereocenters. The number of carbonyl (C=O) groups is 2. The van der Waals surface area contributed by atoms with Gasteiger partial charge in [0.25, 0.3) is 5.91 Å². The van der Waals surface area contributed by atoms with Crippen LogP contribution in [0.2, 0.25) is 20.1 Å². The van der Waals surface area contributed by atoms with Crippen molar-refractivity contribution in [2.45, 2.75) is 18.1 Å². The van der Waals surface area contributed by atoms with Gasteiger partial charge >= 0.3 is 0 Å². The van der Waals surface area contributed by atoms with E-state index < -0.39 is 6.04 Å². The summed E-state index contributed by atoms with van der Waals surface area (Å²) < 4.78 is 1.71. The predicted molar refractivity (Wildman–Crippen MR) is 129 cm³/mol. The van der Waals surface area contributed by atoms with E-state index in [-0.39, 0.29) is 33.3 Å². The van der Waals surface area contributed by atoms with Crippen molar-refractivity contribution in [3.63, 3.8) is 0 Å². The third kappa shape index (κ3) is 5.88. The van der Waals surface area contributed by atoms with E-state index in [0.717, 1.165) is 0 Å². The number of rotatable bonds is 7. The minimum absolute atomic E-state index is 0.0433. The Kier molecular flexibility index (Phi) is 8.30. The standard InChI is InChI=1S/C20H17Cl4N5O2S/c1-10(25-19(31)12-5-3-4-6-13(12)22)18-27-28-20(29(18)2)32-9-16(30)26-17-14(23)7-11(21)8-15(17)24/h3-8,10H,9H2,1-2H3,(H,25,31)(H,26,30)/t10-/m1/s1. The highest BCUT2D eigenvalue weighted by molar-refractivity contribution is 7.99. The molecule has 1 atom stereocenters. The summed E-state index contributed by atoms with van der Waals surface area (Å²) in [7, 11) is 1.75. The van der Waals surface area contributed by atoms with Gasteiger partial charge in [-0.1, -0.05) is 70.3 Å². The fourth-order valence-electron chi connectivity index (χ4n) is 2.78. The molecule has 3 rings (SSSR count). The number of benzene rings is 2. The summed E-state index contributed by atoms with van der Waals surface area (Å²) in [5.41, 5.74) is 0.659. The van der Waals surface area contributed by atoms with Crippen molar-refractivity contribution in [3.05, 3.63) is 67.9 Å². The van der Waals surface area contributed by atoms with Crippen molar-refractivity contribution in [1.82, 2.24) is 20.1 Å². The van der Waals surface area contributed by atoms with E-state index >= 15 is 0 Å². The molecule has 3 aromatic rings. The van der Waals surface area contributed by atoms with Crippen LogP contribution in [0.1, 0.15) is 29.1 Å². The molecule has 0 fully saturated rings. The van der Waals surface area contributed by atoms with Crippen LogP contribution in [0.4, 0.5) is 5.69 Å². The zero-order valence-electron chi connectivity index (χ0n) is 16.8. The van der Waals surface area contributed by atoms with Crippen LogP contribution in [0, 0.1) is 0 Å². The number of halogens is 4. The fraction of sp³-hybridized carbons (Fsp3) is 0.200. The first-order valence-electron chi connectivity index (χ1n) is 9.19. The molecule has 2 amide bonds. The van der Waals surface area contributed by atoms with Gasteiger partial charge in [-0.05, 0) is 31.2 Å². The SMILES string of the molecule is C[C@@H](NC(=O)c1ccccc1Cl)c1nnc(SCC(=O)Nc2c(Cl)cc(Cl)cc2Cl)n1C. The van der Waals surface area contributed by atoms with Gasteiger partial charge in [0.1, 0.15) is 0 Å². The summed E-state index contributed by atoms with van der Waals surface area (Å²) in [6.07, 6.45) is 0. The zero-order valence-corrected chi connectivity index (χ0v) is 20.7. The lowest BCUT2D eigenvalue weighted by Gasteiger charge is -2.14. The summed E-state index contributed by atoms with van der Waals surface area (Å²) in [6, 6.07) is 9.31. The molecular weight excluding hydrogens is 516 g/mol. The van der Waals surface area contributed by atoms with E-state index in [1.807, 2.05) is 0 Å². The molecule has 0 saturated heterocycles. The van der Waals surface area contributed by atoms with E-state index in [4.69, 9.17) is 46.4 Å². The molecule has 0 bridgehead atoms. The van der Waals surface area contributed by atoms with Crippen molar-refractivity contribution in [3.8, 4) is 0 Å². The monoisotopic (exact) mass is 531 g/mol. The maximum Gasteiger partial charge on any atom is 0.253 e. The van der Waals surface area contributed by atoms with Gasteiger partial charge in [-0.25, -0.2) is 0 Å². The quantitative estimate of drug-likeness (QED) is 0.384. The fourth-order valence-corrected chi connectivity index (χ4v) is 4.63. The number of aromatic nitrogens is 3. The van der Waals surface area contributed by atoms with Crippen LogP contribution < -0.4 is 10.6 Å².